The molecule has 1 aromatic rings. The van der Waals surface area contributed by atoms with Gasteiger partial charge in [-0.2, -0.15) is 0 Å². The van der Waals surface area contributed by atoms with Crippen LogP contribution in [0.5, 0.6) is 0 Å². The summed E-state index contributed by atoms with van der Waals surface area (Å²) in [5.74, 6) is -0.670. The number of hydrogen-bond acceptors (Lipinski definition) is 3. The van der Waals surface area contributed by atoms with Crippen molar-refractivity contribution in [3.05, 3.63) is 35.9 Å². The van der Waals surface area contributed by atoms with Crippen molar-refractivity contribution in [2.45, 2.75) is 71.6 Å². The summed E-state index contributed by atoms with van der Waals surface area (Å²) in [4.78, 5) is 12.3. The van der Waals surface area contributed by atoms with Gasteiger partial charge >= 0.3 is 5.97 Å². The highest BCUT2D eigenvalue weighted by atomic mass is 16.5. The smallest absolute Gasteiger partial charge is 0.309 e. The summed E-state index contributed by atoms with van der Waals surface area (Å²) in [5, 5.41) is 18.8. The normalized spacial score (nSPS) is 17.5. The van der Waals surface area contributed by atoms with Gasteiger partial charge in [0.25, 0.3) is 0 Å². The van der Waals surface area contributed by atoms with Crippen LogP contribution in [0.4, 0.5) is 0 Å². The van der Waals surface area contributed by atoms with Crippen LogP contribution in [0.1, 0.15) is 71.8 Å². The molecule has 0 amide bonds. The molecule has 0 spiro atoms. The van der Waals surface area contributed by atoms with E-state index in [1.54, 1.807) is 0 Å². The Hall–Kier alpha value is -1.39. The molecule has 142 valence electrons. The highest BCUT2D eigenvalue weighted by molar-refractivity contribution is 5.75. The Kier molecular flexibility index (Phi) is 8.60. The van der Waals surface area contributed by atoms with E-state index in [0.717, 1.165) is 32.1 Å². The van der Waals surface area contributed by atoms with E-state index < -0.39 is 11.4 Å². The summed E-state index contributed by atoms with van der Waals surface area (Å²) < 4.78 is 0. The van der Waals surface area contributed by atoms with Crippen LogP contribution in [0.2, 0.25) is 0 Å². The molecule has 0 saturated carbocycles. The molecule has 4 heteroatoms. The lowest BCUT2D eigenvalue weighted by Crippen LogP contribution is -2.47. The van der Waals surface area contributed by atoms with Crippen LogP contribution in [0.15, 0.2) is 30.3 Å². The number of rotatable bonds is 12. The van der Waals surface area contributed by atoms with Crippen molar-refractivity contribution in [1.29, 1.82) is 0 Å². The minimum absolute atomic E-state index is 0.0435. The van der Waals surface area contributed by atoms with Crippen LogP contribution in [0, 0.1) is 11.3 Å². The summed E-state index contributed by atoms with van der Waals surface area (Å²) in [7, 11) is 0. The monoisotopic (exact) mass is 349 g/mol. The van der Waals surface area contributed by atoms with E-state index in [1.807, 2.05) is 25.1 Å². The molecule has 1 aromatic carbocycles. The van der Waals surface area contributed by atoms with Crippen molar-refractivity contribution < 1.29 is 15.1 Å². The van der Waals surface area contributed by atoms with Crippen LogP contribution in [-0.4, -0.2) is 22.8 Å². The van der Waals surface area contributed by atoms with Gasteiger partial charge in [-0.15, -0.1) is 0 Å². The van der Waals surface area contributed by atoms with Crippen molar-refractivity contribution in [2.75, 3.05) is 6.54 Å². The first-order valence-electron chi connectivity index (χ1n) is 9.52. The Morgan fingerprint density at radius 3 is 2.24 bits per heavy atom. The first-order valence-corrected chi connectivity index (χ1v) is 9.52. The third-order valence-electron chi connectivity index (χ3n) is 5.87. The van der Waals surface area contributed by atoms with Crippen molar-refractivity contribution in [3.8, 4) is 0 Å². The molecule has 4 nitrogen and oxygen atoms in total. The van der Waals surface area contributed by atoms with E-state index >= 15 is 0 Å². The number of hydrogen-bond donors (Lipinski definition) is 3. The summed E-state index contributed by atoms with van der Waals surface area (Å²) in [5.41, 5.74) is 2.42. The molecule has 0 bridgehead atoms. The number of carbonyl (C=O) groups is 1. The van der Waals surface area contributed by atoms with E-state index in [4.69, 9.17) is 5.21 Å². The number of aliphatic carboxylic acids is 1. The number of carboxylic acids is 1. The maximum absolute atomic E-state index is 12.3. The van der Waals surface area contributed by atoms with Gasteiger partial charge in [0, 0.05) is 6.54 Å². The predicted molar refractivity (Wildman–Crippen MR) is 102 cm³/mol. The molecule has 0 heterocycles. The van der Waals surface area contributed by atoms with Gasteiger partial charge in [0.2, 0.25) is 0 Å². The number of benzene rings is 1. The van der Waals surface area contributed by atoms with Gasteiger partial charge in [0.05, 0.1) is 5.41 Å². The molecule has 0 aliphatic rings. The zero-order valence-corrected chi connectivity index (χ0v) is 16.2. The maximum atomic E-state index is 12.3. The quantitative estimate of drug-likeness (QED) is 0.366. The lowest BCUT2D eigenvalue weighted by atomic mass is 9.56. The van der Waals surface area contributed by atoms with E-state index in [-0.39, 0.29) is 11.3 Å². The highest BCUT2D eigenvalue weighted by Crippen LogP contribution is 2.49. The van der Waals surface area contributed by atoms with E-state index in [9.17, 15) is 9.90 Å². The maximum Gasteiger partial charge on any atom is 0.309 e. The first kappa shape index (κ1) is 21.7. The molecule has 3 N–H and O–H groups in total. The Morgan fingerprint density at radius 1 is 1.12 bits per heavy atom. The fraction of sp³-hybridized carbons (Fsp3) is 0.667. The minimum Gasteiger partial charge on any atom is -0.481 e. The molecule has 0 aromatic heterocycles. The standard InChI is InChI=1S/C21H35NO3/c1-5-14-20(3,17-12-8-7-9-13-17)18(6-2)21(4,19(23)24)15-10-11-16-22-25/h7-9,12-13,18,22,25H,5-6,10-11,14-16H2,1-4H3,(H,23,24). The van der Waals surface area contributed by atoms with Gasteiger partial charge in [-0.3, -0.25) is 4.79 Å². The van der Waals surface area contributed by atoms with Crippen molar-refractivity contribution in [3.63, 3.8) is 0 Å². The Bertz CT molecular complexity index is 519. The number of unbranched alkanes of at least 4 members (excludes halogenated alkanes) is 1. The second kappa shape index (κ2) is 9.93. The molecule has 25 heavy (non-hydrogen) atoms. The Morgan fingerprint density at radius 2 is 1.76 bits per heavy atom. The van der Waals surface area contributed by atoms with Crippen LogP contribution in [0.25, 0.3) is 0 Å². The van der Waals surface area contributed by atoms with E-state index in [0.29, 0.717) is 13.0 Å². The minimum atomic E-state index is -0.788. The number of hydroxylamine groups is 1. The first-order chi connectivity index (χ1) is 11.9. The summed E-state index contributed by atoms with van der Waals surface area (Å²) in [6.07, 6.45) is 4.99. The van der Waals surface area contributed by atoms with E-state index in [2.05, 4.69) is 38.4 Å². The Labute approximate surface area is 152 Å². The van der Waals surface area contributed by atoms with Crippen molar-refractivity contribution >= 4 is 5.97 Å². The summed E-state index contributed by atoms with van der Waals surface area (Å²) in [6, 6.07) is 10.4. The second-order valence-corrected chi connectivity index (χ2v) is 7.58. The average molecular weight is 350 g/mol. The predicted octanol–water partition coefficient (Wildman–Crippen LogP) is 5.01. The fourth-order valence-electron chi connectivity index (χ4n) is 4.59. The Balaban J connectivity index is 3.23. The molecule has 1 rings (SSSR count). The van der Waals surface area contributed by atoms with Crippen molar-refractivity contribution in [2.24, 2.45) is 11.3 Å². The average Bonchev–Trinajstić information content (AvgIpc) is 2.60. The van der Waals surface area contributed by atoms with Crippen LogP contribution < -0.4 is 5.48 Å². The highest BCUT2D eigenvalue weighted by Gasteiger charge is 2.49. The SMILES string of the molecule is CCCC(C)(c1ccccc1)C(CC)C(C)(CCCCNO)C(=O)O. The molecular formula is C21H35NO3. The second-order valence-electron chi connectivity index (χ2n) is 7.58. The molecule has 3 atom stereocenters. The summed E-state index contributed by atoms with van der Waals surface area (Å²) >= 11 is 0. The van der Waals surface area contributed by atoms with Gasteiger partial charge < -0.3 is 10.3 Å². The zero-order chi connectivity index (χ0) is 18.9. The summed E-state index contributed by atoms with van der Waals surface area (Å²) in [6.45, 7) is 8.91. The lowest BCUT2D eigenvalue weighted by Gasteiger charge is -2.46. The zero-order valence-electron chi connectivity index (χ0n) is 16.2. The molecule has 0 aliphatic heterocycles. The molecule has 0 saturated heterocycles. The topological polar surface area (TPSA) is 69.6 Å². The third-order valence-corrected chi connectivity index (χ3v) is 5.87. The van der Waals surface area contributed by atoms with Crippen LogP contribution in [-0.2, 0) is 10.2 Å². The van der Waals surface area contributed by atoms with Crippen LogP contribution >= 0.6 is 0 Å². The van der Waals surface area contributed by atoms with Gasteiger partial charge in [-0.25, -0.2) is 5.48 Å². The number of carboxylic acid groups (broad SMARTS) is 1. The van der Waals surface area contributed by atoms with Crippen LogP contribution in [0.3, 0.4) is 0 Å². The van der Waals surface area contributed by atoms with Gasteiger partial charge in [-0.1, -0.05) is 70.4 Å². The molecule has 0 radical (unpaired) electrons. The fourth-order valence-corrected chi connectivity index (χ4v) is 4.59. The van der Waals surface area contributed by atoms with Gasteiger partial charge in [-0.05, 0) is 43.1 Å². The van der Waals surface area contributed by atoms with E-state index in [1.165, 1.54) is 5.56 Å². The number of nitrogens with one attached hydrogen (secondary N) is 1. The molecular weight excluding hydrogens is 314 g/mol. The third kappa shape index (κ3) is 5.05. The lowest BCUT2D eigenvalue weighted by molar-refractivity contribution is -0.154. The largest absolute Gasteiger partial charge is 0.481 e. The van der Waals surface area contributed by atoms with Gasteiger partial charge in [0.15, 0.2) is 0 Å². The van der Waals surface area contributed by atoms with Gasteiger partial charge in [0.1, 0.15) is 0 Å². The molecule has 3 unspecified atom stereocenters. The molecule has 0 fully saturated rings. The molecule has 0 aliphatic carbocycles. The van der Waals surface area contributed by atoms with Crippen molar-refractivity contribution in [1.82, 2.24) is 5.48 Å².